The van der Waals surface area contributed by atoms with Gasteiger partial charge in [0.05, 0.1) is 0 Å². The summed E-state index contributed by atoms with van der Waals surface area (Å²) < 4.78 is 0. The minimum Gasteiger partial charge on any atom is -0.311 e. The molecule has 18 heavy (non-hydrogen) atoms. The minimum absolute atomic E-state index is 0.648. The SMILES string of the molecule is CCCN1CCCC(NC(C)CCN(C)C)CC1. The van der Waals surface area contributed by atoms with E-state index in [0.29, 0.717) is 6.04 Å². The molecule has 0 aromatic rings. The summed E-state index contributed by atoms with van der Waals surface area (Å²) in [5, 5.41) is 3.82. The molecule has 0 saturated carbocycles. The van der Waals surface area contributed by atoms with Crippen LogP contribution < -0.4 is 5.32 Å². The molecule has 1 fully saturated rings. The number of likely N-dealkylation sites (tertiary alicyclic amines) is 1. The summed E-state index contributed by atoms with van der Waals surface area (Å²) in [4.78, 5) is 4.90. The van der Waals surface area contributed by atoms with Gasteiger partial charge in [0, 0.05) is 12.1 Å². The summed E-state index contributed by atoms with van der Waals surface area (Å²) in [5.74, 6) is 0. The summed E-state index contributed by atoms with van der Waals surface area (Å²) in [5.41, 5.74) is 0. The van der Waals surface area contributed by atoms with Gasteiger partial charge in [-0.05, 0) is 79.3 Å². The van der Waals surface area contributed by atoms with Crippen molar-refractivity contribution in [1.29, 1.82) is 0 Å². The largest absolute Gasteiger partial charge is 0.311 e. The Morgan fingerprint density at radius 1 is 1.28 bits per heavy atom. The second kappa shape index (κ2) is 8.89. The maximum Gasteiger partial charge on any atom is 0.00821 e. The van der Waals surface area contributed by atoms with Crippen LogP contribution >= 0.6 is 0 Å². The first-order chi connectivity index (χ1) is 8.61. The number of hydrogen-bond donors (Lipinski definition) is 1. The normalized spacial score (nSPS) is 24.2. The molecule has 108 valence electrons. The number of hydrogen-bond acceptors (Lipinski definition) is 3. The quantitative estimate of drug-likeness (QED) is 0.752. The van der Waals surface area contributed by atoms with E-state index in [1.165, 1.54) is 58.3 Å². The molecule has 1 aliphatic rings. The third kappa shape index (κ3) is 6.72. The number of nitrogens with zero attached hydrogens (tertiary/aromatic N) is 2. The fraction of sp³-hybridized carbons (Fsp3) is 1.00. The summed E-state index contributed by atoms with van der Waals surface area (Å²) >= 11 is 0. The molecule has 2 atom stereocenters. The predicted molar refractivity (Wildman–Crippen MR) is 80.1 cm³/mol. The molecule has 1 heterocycles. The molecule has 0 bridgehead atoms. The summed E-state index contributed by atoms with van der Waals surface area (Å²) in [6.07, 6.45) is 6.58. The second-order valence-corrected chi connectivity index (χ2v) is 6.13. The van der Waals surface area contributed by atoms with E-state index in [1.54, 1.807) is 0 Å². The lowest BCUT2D eigenvalue weighted by Crippen LogP contribution is -2.38. The maximum absolute atomic E-state index is 3.82. The van der Waals surface area contributed by atoms with E-state index in [9.17, 15) is 0 Å². The monoisotopic (exact) mass is 255 g/mol. The predicted octanol–water partition coefficient (Wildman–Crippen LogP) is 2.18. The third-order valence-corrected chi connectivity index (χ3v) is 3.89. The highest BCUT2D eigenvalue weighted by molar-refractivity contribution is 4.77. The molecule has 3 nitrogen and oxygen atoms in total. The molecule has 0 aromatic carbocycles. The van der Waals surface area contributed by atoms with Crippen molar-refractivity contribution in [2.24, 2.45) is 0 Å². The molecule has 1 aliphatic heterocycles. The van der Waals surface area contributed by atoms with Crippen LogP contribution in [0.3, 0.4) is 0 Å². The van der Waals surface area contributed by atoms with Gasteiger partial charge in [0.2, 0.25) is 0 Å². The molecule has 1 N–H and O–H groups in total. The van der Waals surface area contributed by atoms with E-state index in [2.05, 4.69) is 43.1 Å². The lowest BCUT2D eigenvalue weighted by Gasteiger charge is -2.23. The van der Waals surface area contributed by atoms with Crippen LogP contribution in [0.2, 0.25) is 0 Å². The zero-order chi connectivity index (χ0) is 13.4. The Morgan fingerprint density at radius 2 is 2.06 bits per heavy atom. The molecular formula is C15H33N3. The molecule has 0 spiro atoms. The van der Waals surface area contributed by atoms with Gasteiger partial charge in [-0.2, -0.15) is 0 Å². The van der Waals surface area contributed by atoms with Gasteiger partial charge in [-0.15, -0.1) is 0 Å². The average molecular weight is 255 g/mol. The molecule has 0 aliphatic carbocycles. The highest BCUT2D eigenvalue weighted by Gasteiger charge is 2.17. The van der Waals surface area contributed by atoms with Crippen LogP contribution in [-0.2, 0) is 0 Å². The second-order valence-electron chi connectivity index (χ2n) is 6.13. The first kappa shape index (κ1) is 15.9. The van der Waals surface area contributed by atoms with Gasteiger partial charge in [-0.1, -0.05) is 6.92 Å². The average Bonchev–Trinajstić information content (AvgIpc) is 2.53. The van der Waals surface area contributed by atoms with Crippen molar-refractivity contribution in [2.45, 2.75) is 58.0 Å². The third-order valence-electron chi connectivity index (χ3n) is 3.89. The van der Waals surface area contributed by atoms with Gasteiger partial charge in [-0.25, -0.2) is 0 Å². The molecular weight excluding hydrogens is 222 g/mol. The van der Waals surface area contributed by atoms with Crippen molar-refractivity contribution < 1.29 is 0 Å². The lowest BCUT2D eigenvalue weighted by molar-refractivity contribution is 0.280. The Kier molecular flexibility index (Phi) is 7.87. The Labute approximate surface area is 114 Å². The minimum atomic E-state index is 0.648. The maximum atomic E-state index is 3.82. The van der Waals surface area contributed by atoms with Crippen LogP contribution in [0.4, 0.5) is 0 Å². The van der Waals surface area contributed by atoms with E-state index in [0.717, 1.165) is 6.04 Å². The van der Waals surface area contributed by atoms with Crippen molar-refractivity contribution in [3.63, 3.8) is 0 Å². The Balaban J connectivity index is 2.21. The molecule has 0 amide bonds. The van der Waals surface area contributed by atoms with Gasteiger partial charge in [-0.3, -0.25) is 0 Å². The van der Waals surface area contributed by atoms with Crippen LogP contribution in [0.1, 0.15) is 46.0 Å². The van der Waals surface area contributed by atoms with Crippen molar-refractivity contribution in [3.8, 4) is 0 Å². The van der Waals surface area contributed by atoms with Crippen molar-refractivity contribution in [2.75, 3.05) is 40.3 Å². The van der Waals surface area contributed by atoms with E-state index >= 15 is 0 Å². The lowest BCUT2D eigenvalue weighted by atomic mass is 10.1. The van der Waals surface area contributed by atoms with Gasteiger partial charge < -0.3 is 15.1 Å². The Bertz CT molecular complexity index is 206. The highest BCUT2D eigenvalue weighted by atomic mass is 15.1. The van der Waals surface area contributed by atoms with Crippen molar-refractivity contribution >= 4 is 0 Å². The topological polar surface area (TPSA) is 18.5 Å². The van der Waals surface area contributed by atoms with Crippen LogP contribution in [0.25, 0.3) is 0 Å². The summed E-state index contributed by atoms with van der Waals surface area (Å²) in [6, 6.07) is 1.39. The summed E-state index contributed by atoms with van der Waals surface area (Å²) in [7, 11) is 4.31. The van der Waals surface area contributed by atoms with E-state index < -0.39 is 0 Å². The molecule has 3 heteroatoms. The molecule has 2 unspecified atom stereocenters. The first-order valence-corrected chi connectivity index (χ1v) is 7.75. The fourth-order valence-corrected chi connectivity index (χ4v) is 2.80. The van der Waals surface area contributed by atoms with Gasteiger partial charge in [0.1, 0.15) is 0 Å². The molecule has 1 rings (SSSR count). The first-order valence-electron chi connectivity index (χ1n) is 7.75. The molecule has 1 saturated heterocycles. The van der Waals surface area contributed by atoms with E-state index in [1.807, 2.05) is 0 Å². The standard InChI is InChI=1S/C15H33N3/c1-5-10-18-11-6-7-15(9-13-18)16-14(2)8-12-17(3)4/h14-16H,5-13H2,1-4H3. The van der Waals surface area contributed by atoms with E-state index in [-0.39, 0.29) is 0 Å². The molecule has 0 radical (unpaired) electrons. The number of rotatable bonds is 7. The summed E-state index contributed by atoms with van der Waals surface area (Å²) in [6.45, 7) is 9.66. The highest BCUT2D eigenvalue weighted by Crippen LogP contribution is 2.12. The zero-order valence-corrected chi connectivity index (χ0v) is 12.9. The Hall–Kier alpha value is -0.120. The van der Waals surface area contributed by atoms with Crippen LogP contribution in [-0.4, -0.2) is 62.2 Å². The van der Waals surface area contributed by atoms with Crippen LogP contribution in [0.5, 0.6) is 0 Å². The van der Waals surface area contributed by atoms with Crippen LogP contribution in [0, 0.1) is 0 Å². The van der Waals surface area contributed by atoms with Gasteiger partial charge in [0.15, 0.2) is 0 Å². The van der Waals surface area contributed by atoms with Crippen LogP contribution in [0.15, 0.2) is 0 Å². The fourth-order valence-electron chi connectivity index (χ4n) is 2.80. The van der Waals surface area contributed by atoms with Gasteiger partial charge in [0.25, 0.3) is 0 Å². The Morgan fingerprint density at radius 3 is 2.72 bits per heavy atom. The molecule has 0 aromatic heterocycles. The van der Waals surface area contributed by atoms with E-state index in [4.69, 9.17) is 0 Å². The van der Waals surface area contributed by atoms with Crippen molar-refractivity contribution in [1.82, 2.24) is 15.1 Å². The van der Waals surface area contributed by atoms with Crippen molar-refractivity contribution in [3.05, 3.63) is 0 Å². The smallest absolute Gasteiger partial charge is 0.00821 e. The zero-order valence-electron chi connectivity index (χ0n) is 12.9. The van der Waals surface area contributed by atoms with Gasteiger partial charge >= 0.3 is 0 Å². The number of nitrogens with one attached hydrogen (secondary N) is 1.